The van der Waals surface area contributed by atoms with E-state index in [0.717, 1.165) is 12.6 Å². The highest BCUT2D eigenvalue weighted by Crippen LogP contribution is 2.28. The molecule has 0 bridgehead atoms. The highest BCUT2D eigenvalue weighted by molar-refractivity contribution is 5.87. The second-order valence-corrected chi connectivity index (χ2v) is 5.78. The van der Waals surface area contributed by atoms with Crippen molar-refractivity contribution in [1.82, 2.24) is 9.88 Å². The van der Waals surface area contributed by atoms with Crippen molar-refractivity contribution in [2.75, 3.05) is 0 Å². The highest BCUT2D eigenvalue weighted by atomic mass is 15.0. The second-order valence-electron chi connectivity index (χ2n) is 5.78. The summed E-state index contributed by atoms with van der Waals surface area (Å²) in [6.45, 7) is 7.72. The second kappa shape index (κ2) is 4.43. The van der Waals surface area contributed by atoms with Gasteiger partial charge in [-0.1, -0.05) is 12.1 Å². The van der Waals surface area contributed by atoms with Crippen molar-refractivity contribution < 1.29 is 0 Å². The van der Waals surface area contributed by atoms with Gasteiger partial charge >= 0.3 is 0 Å². The minimum absolute atomic E-state index is 0.518. The predicted octanol–water partition coefficient (Wildman–Crippen LogP) is 3.78. The number of nitrogens with one attached hydrogen (secondary N) is 1. The number of rotatable bonds is 4. The van der Waals surface area contributed by atoms with Gasteiger partial charge in [0.25, 0.3) is 0 Å². The molecular weight excluding hydrogens is 220 g/mol. The molecule has 1 heterocycles. The lowest BCUT2D eigenvalue weighted by Crippen LogP contribution is -2.15. The Bertz CT molecular complexity index is 562. The van der Waals surface area contributed by atoms with Crippen LogP contribution in [0.1, 0.15) is 43.9 Å². The summed E-state index contributed by atoms with van der Waals surface area (Å²) in [4.78, 5) is 0. The zero-order valence-electron chi connectivity index (χ0n) is 11.5. The molecule has 0 amide bonds. The maximum absolute atomic E-state index is 3.63. The minimum atomic E-state index is 0.518. The van der Waals surface area contributed by atoms with Crippen LogP contribution in [-0.4, -0.2) is 10.6 Å². The quantitative estimate of drug-likeness (QED) is 0.863. The molecular formula is C16H22N2. The van der Waals surface area contributed by atoms with E-state index in [2.05, 4.69) is 55.1 Å². The van der Waals surface area contributed by atoms with Gasteiger partial charge in [0.05, 0.1) is 0 Å². The molecule has 3 rings (SSSR count). The van der Waals surface area contributed by atoms with Crippen LogP contribution in [0.2, 0.25) is 0 Å². The predicted molar refractivity (Wildman–Crippen MR) is 76.9 cm³/mol. The van der Waals surface area contributed by atoms with Crippen LogP contribution in [0.5, 0.6) is 0 Å². The average Bonchev–Trinajstić information content (AvgIpc) is 3.07. The van der Waals surface area contributed by atoms with Crippen LogP contribution in [0.3, 0.4) is 0 Å². The molecule has 1 fully saturated rings. The van der Waals surface area contributed by atoms with Gasteiger partial charge < -0.3 is 9.88 Å². The molecule has 0 spiro atoms. The number of aryl methyl sites for hydroxylation is 1. The molecule has 0 unspecified atom stereocenters. The Kier molecular flexibility index (Phi) is 2.90. The van der Waals surface area contributed by atoms with Crippen molar-refractivity contribution in [3.63, 3.8) is 0 Å². The van der Waals surface area contributed by atoms with E-state index in [0.29, 0.717) is 6.04 Å². The summed E-state index contributed by atoms with van der Waals surface area (Å²) in [5.41, 5.74) is 4.21. The van der Waals surface area contributed by atoms with E-state index in [-0.39, 0.29) is 0 Å². The molecule has 1 aliphatic carbocycles. The summed E-state index contributed by atoms with van der Waals surface area (Å²) in [7, 11) is 0. The highest BCUT2D eigenvalue weighted by Gasteiger charge is 2.21. The molecule has 0 atom stereocenters. The molecule has 2 aromatic rings. The van der Waals surface area contributed by atoms with Crippen molar-refractivity contribution >= 4 is 10.9 Å². The van der Waals surface area contributed by atoms with Crippen LogP contribution < -0.4 is 5.32 Å². The Morgan fingerprint density at radius 1 is 1.33 bits per heavy atom. The van der Waals surface area contributed by atoms with Crippen LogP contribution in [0.4, 0.5) is 0 Å². The summed E-state index contributed by atoms with van der Waals surface area (Å²) in [5, 5.41) is 5.08. The topological polar surface area (TPSA) is 17.0 Å². The fourth-order valence-corrected chi connectivity index (χ4v) is 2.69. The van der Waals surface area contributed by atoms with E-state index in [9.17, 15) is 0 Å². The van der Waals surface area contributed by atoms with Gasteiger partial charge in [-0.3, -0.25) is 0 Å². The molecule has 0 saturated heterocycles. The van der Waals surface area contributed by atoms with Gasteiger partial charge in [-0.25, -0.2) is 0 Å². The summed E-state index contributed by atoms with van der Waals surface area (Å²) in [6.07, 6.45) is 5.03. The monoisotopic (exact) mass is 242 g/mol. The number of benzene rings is 1. The molecule has 2 heteroatoms. The molecule has 1 N–H and O–H groups in total. The summed E-state index contributed by atoms with van der Waals surface area (Å²) < 4.78 is 2.40. The molecule has 96 valence electrons. The van der Waals surface area contributed by atoms with Crippen LogP contribution in [0, 0.1) is 6.92 Å². The largest absolute Gasteiger partial charge is 0.345 e. The Labute approximate surface area is 109 Å². The summed E-state index contributed by atoms with van der Waals surface area (Å²) in [6, 6.07) is 7.90. The molecule has 18 heavy (non-hydrogen) atoms. The first-order valence-electron chi connectivity index (χ1n) is 6.99. The van der Waals surface area contributed by atoms with Gasteiger partial charge in [-0.15, -0.1) is 0 Å². The third kappa shape index (κ3) is 2.05. The lowest BCUT2D eigenvalue weighted by molar-refractivity contribution is 0.616. The van der Waals surface area contributed by atoms with Crippen LogP contribution in [-0.2, 0) is 6.54 Å². The van der Waals surface area contributed by atoms with Crippen molar-refractivity contribution in [3.05, 3.63) is 35.5 Å². The zero-order valence-corrected chi connectivity index (χ0v) is 11.5. The molecule has 0 radical (unpaired) electrons. The molecule has 1 aromatic heterocycles. The first kappa shape index (κ1) is 11.8. The molecule has 1 saturated carbocycles. The maximum atomic E-state index is 3.63. The van der Waals surface area contributed by atoms with Crippen LogP contribution in [0.15, 0.2) is 24.4 Å². The maximum Gasteiger partial charge on any atom is 0.0488 e. The lowest BCUT2D eigenvalue weighted by Gasteiger charge is -2.09. The lowest BCUT2D eigenvalue weighted by atomic mass is 10.1. The fraction of sp³-hybridized carbons (Fsp3) is 0.500. The van der Waals surface area contributed by atoms with E-state index in [1.165, 1.54) is 34.9 Å². The van der Waals surface area contributed by atoms with Crippen LogP contribution >= 0.6 is 0 Å². The van der Waals surface area contributed by atoms with Gasteiger partial charge in [0.15, 0.2) is 0 Å². The van der Waals surface area contributed by atoms with E-state index >= 15 is 0 Å². The van der Waals surface area contributed by atoms with E-state index in [4.69, 9.17) is 0 Å². The number of hydrogen-bond acceptors (Lipinski definition) is 1. The standard InChI is InChI=1S/C16H22N2/c1-11(2)18-10-13(9-17-14-7-8-14)16-12(3)5-4-6-15(16)18/h4-6,10-11,14,17H,7-9H2,1-3H3. The van der Waals surface area contributed by atoms with Gasteiger partial charge in [0.1, 0.15) is 0 Å². The molecule has 0 aliphatic heterocycles. The minimum Gasteiger partial charge on any atom is -0.345 e. The van der Waals surface area contributed by atoms with Crippen LogP contribution in [0.25, 0.3) is 10.9 Å². The molecule has 1 aromatic carbocycles. The smallest absolute Gasteiger partial charge is 0.0488 e. The SMILES string of the molecule is Cc1cccc2c1c(CNC1CC1)cn2C(C)C. The van der Waals surface area contributed by atoms with Crippen molar-refractivity contribution in [2.24, 2.45) is 0 Å². The molecule has 1 aliphatic rings. The van der Waals surface area contributed by atoms with Gasteiger partial charge in [0.2, 0.25) is 0 Å². The Morgan fingerprint density at radius 2 is 2.11 bits per heavy atom. The Morgan fingerprint density at radius 3 is 2.78 bits per heavy atom. The van der Waals surface area contributed by atoms with E-state index in [1.807, 2.05) is 0 Å². The molecule has 2 nitrogen and oxygen atoms in total. The normalized spacial score (nSPS) is 15.8. The zero-order chi connectivity index (χ0) is 12.7. The number of nitrogens with zero attached hydrogens (tertiary/aromatic N) is 1. The first-order valence-corrected chi connectivity index (χ1v) is 6.99. The number of fused-ring (bicyclic) bond motifs is 1. The average molecular weight is 242 g/mol. The fourth-order valence-electron chi connectivity index (χ4n) is 2.69. The van der Waals surface area contributed by atoms with Crippen molar-refractivity contribution in [1.29, 1.82) is 0 Å². The third-order valence-electron chi connectivity index (χ3n) is 3.86. The summed E-state index contributed by atoms with van der Waals surface area (Å²) in [5.74, 6) is 0. The van der Waals surface area contributed by atoms with E-state index < -0.39 is 0 Å². The van der Waals surface area contributed by atoms with E-state index in [1.54, 1.807) is 0 Å². The van der Waals surface area contributed by atoms with Crippen molar-refractivity contribution in [2.45, 2.75) is 52.2 Å². The number of hydrogen-bond donors (Lipinski definition) is 1. The van der Waals surface area contributed by atoms with Gasteiger partial charge in [-0.05, 0) is 50.8 Å². The third-order valence-corrected chi connectivity index (χ3v) is 3.86. The first-order chi connectivity index (χ1) is 8.66. The number of aromatic nitrogens is 1. The van der Waals surface area contributed by atoms with Crippen molar-refractivity contribution in [3.8, 4) is 0 Å². The summed E-state index contributed by atoms with van der Waals surface area (Å²) >= 11 is 0. The van der Waals surface area contributed by atoms with Gasteiger partial charge in [-0.2, -0.15) is 0 Å². The van der Waals surface area contributed by atoms with Gasteiger partial charge in [0, 0.05) is 35.7 Å². The Hall–Kier alpha value is -1.28. The Balaban J connectivity index is 2.05.